The van der Waals surface area contributed by atoms with Gasteiger partial charge in [-0.3, -0.25) is 0 Å². The normalized spacial score (nSPS) is 15.3. The first-order chi connectivity index (χ1) is 8.22. The minimum Gasteiger partial charge on any atom is -0.394 e. The topological polar surface area (TPSA) is 32.3 Å². The predicted octanol–water partition coefficient (Wildman–Crippen LogP) is 4.04. The molecule has 0 aliphatic rings. The number of benzene rings is 1. The molecule has 0 radical (unpaired) electrons. The zero-order chi connectivity index (χ0) is 14.0. The number of anilines is 1. The monoisotopic (exact) mass is 325 g/mol. The molecule has 0 saturated carbocycles. The average Bonchev–Trinajstić information content (AvgIpc) is 2.30. The molecule has 1 rings (SSSR count). The highest BCUT2D eigenvalue weighted by Crippen LogP contribution is 2.35. The van der Waals surface area contributed by atoms with Gasteiger partial charge in [-0.1, -0.05) is 6.92 Å². The number of rotatable bonds is 4. The summed E-state index contributed by atoms with van der Waals surface area (Å²) in [5.74, 6) is 0. The summed E-state index contributed by atoms with van der Waals surface area (Å²) in [5.41, 5.74) is -0.731. The van der Waals surface area contributed by atoms with Crippen molar-refractivity contribution in [3.05, 3.63) is 28.2 Å². The summed E-state index contributed by atoms with van der Waals surface area (Å²) in [7, 11) is 0. The van der Waals surface area contributed by atoms with Gasteiger partial charge in [-0.05, 0) is 47.5 Å². The van der Waals surface area contributed by atoms with Crippen LogP contribution in [0.2, 0.25) is 0 Å². The third kappa shape index (κ3) is 3.62. The van der Waals surface area contributed by atoms with E-state index in [1.165, 1.54) is 6.07 Å². The summed E-state index contributed by atoms with van der Waals surface area (Å²) >= 11 is 3.11. The Kier molecular flexibility index (Phi) is 4.66. The number of halogens is 4. The standard InChI is InChI=1S/C12H15BrF3NO/c1-3-11(2,7-18)17-10-5-4-8(6-9(10)13)12(14,15)16/h4-6,17-18H,3,7H2,1-2H3. The van der Waals surface area contributed by atoms with Crippen molar-refractivity contribution in [1.82, 2.24) is 0 Å². The molecule has 0 spiro atoms. The van der Waals surface area contributed by atoms with Crippen LogP contribution in [0.3, 0.4) is 0 Å². The van der Waals surface area contributed by atoms with Crippen LogP contribution >= 0.6 is 15.9 Å². The lowest BCUT2D eigenvalue weighted by molar-refractivity contribution is -0.137. The second-order valence-corrected chi connectivity index (χ2v) is 5.24. The van der Waals surface area contributed by atoms with Gasteiger partial charge in [0.2, 0.25) is 0 Å². The third-order valence-corrected chi connectivity index (χ3v) is 3.52. The van der Waals surface area contributed by atoms with Crippen LogP contribution in [0.4, 0.5) is 18.9 Å². The molecule has 2 nitrogen and oxygen atoms in total. The number of nitrogens with one attached hydrogen (secondary N) is 1. The fourth-order valence-corrected chi connectivity index (χ4v) is 1.84. The van der Waals surface area contributed by atoms with Crippen LogP contribution < -0.4 is 5.32 Å². The molecule has 1 atom stereocenters. The Hall–Kier alpha value is -0.750. The molecule has 0 amide bonds. The molecule has 2 N–H and O–H groups in total. The first-order valence-corrected chi connectivity index (χ1v) is 6.27. The van der Waals surface area contributed by atoms with Gasteiger partial charge < -0.3 is 10.4 Å². The van der Waals surface area contributed by atoms with Crippen molar-refractivity contribution in [2.45, 2.75) is 32.0 Å². The van der Waals surface area contributed by atoms with Crippen molar-refractivity contribution in [3.63, 3.8) is 0 Å². The maximum absolute atomic E-state index is 12.5. The first-order valence-electron chi connectivity index (χ1n) is 5.47. The molecule has 1 aromatic rings. The lowest BCUT2D eigenvalue weighted by atomic mass is 9.99. The van der Waals surface area contributed by atoms with Crippen LogP contribution in [0, 0.1) is 0 Å². The Labute approximate surface area is 112 Å². The minimum atomic E-state index is -4.36. The zero-order valence-corrected chi connectivity index (χ0v) is 11.7. The Morgan fingerprint density at radius 3 is 2.33 bits per heavy atom. The van der Waals surface area contributed by atoms with E-state index in [2.05, 4.69) is 21.2 Å². The van der Waals surface area contributed by atoms with Crippen LogP contribution in [-0.4, -0.2) is 17.3 Å². The summed E-state index contributed by atoms with van der Waals surface area (Å²) in [6, 6.07) is 3.40. The van der Waals surface area contributed by atoms with E-state index < -0.39 is 17.3 Å². The van der Waals surface area contributed by atoms with Crippen LogP contribution in [0.25, 0.3) is 0 Å². The van der Waals surface area contributed by atoms with Crippen molar-refractivity contribution in [2.24, 2.45) is 0 Å². The highest BCUT2D eigenvalue weighted by molar-refractivity contribution is 9.10. The second kappa shape index (κ2) is 5.48. The predicted molar refractivity (Wildman–Crippen MR) is 68.5 cm³/mol. The summed E-state index contributed by atoms with van der Waals surface area (Å²) in [5, 5.41) is 12.3. The molecule has 0 aliphatic heterocycles. The molecule has 18 heavy (non-hydrogen) atoms. The zero-order valence-electron chi connectivity index (χ0n) is 10.1. The molecule has 6 heteroatoms. The summed E-state index contributed by atoms with van der Waals surface area (Å²) in [6.45, 7) is 3.59. The van der Waals surface area contributed by atoms with Crippen molar-refractivity contribution in [2.75, 3.05) is 11.9 Å². The molecule has 0 saturated heterocycles. The van der Waals surface area contributed by atoms with Gasteiger partial charge in [-0.25, -0.2) is 0 Å². The molecular weight excluding hydrogens is 311 g/mol. The number of aliphatic hydroxyl groups excluding tert-OH is 1. The molecule has 102 valence electrons. The Balaban J connectivity index is 3.00. The highest BCUT2D eigenvalue weighted by atomic mass is 79.9. The molecule has 0 fully saturated rings. The molecule has 1 unspecified atom stereocenters. The van der Waals surface area contributed by atoms with Gasteiger partial charge in [-0.15, -0.1) is 0 Å². The van der Waals surface area contributed by atoms with Crippen molar-refractivity contribution >= 4 is 21.6 Å². The Bertz CT molecular complexity index is 416. The largest absolute Gasteiger partial charge is 0.416 e. The van der Waals surface area contributed by atoms with Crippen LogP contribution in [-0.2, 0) is 6.18 Å². The van der Waals surface area contributed by atoms with Crippen LogP contribution in [0.5, 0.6) is 0 Å². The fourth-order valence-electron chi connectivity index (χ4n) is 1.36. The number of hydrogen-bond acceptors (Lipinski definition) is 2. The molecular formula is C12H15BrF3NO. The third-order valence-electron chi connectivity index (χ3n) is 2.86. The smallest absolute Gasteiger partial charge is 0.394 e. The SMILES string of the molecule is CCC(C)(CO)Nc1ccc(C(F)(F)F)cc1Br. The average molecular weight is 326 g/mol. The van der Waals surface area contributed by atoms with E-state index in [0.717, 1.165) is 12.1 Å². The van der Waals surface area contributed by atoms with E-state index in [4.69, 9.17) is 0 Å². The van der Waals surface area contributed by atoms with Crippen LogP contribution in [0.1, 0.15) is 25.8 Å². The summed E-state index contributed by atoms with van der Waals surface area (Å²) in [4.78, 5) is 0. The van der Waals surface area contributed by atoms with Crippen LogP contribution in [0.15, 0.2) is 22.7 Å². The van der Waals surface area contributed by atoms with E-state index in [9.17, 15) is 18.3 Å². The van der Waals surface area contributed by atoms with Crippen molar-refractivity contribution in [3.8, 4) is 0 Å². The first kappa shape index (κ1) is 15.3. The van der Waals surface area contributed by atoms with E-state index in [1.54, 1.807) is 6.92 Å². The van der Waals surface area contributed by atoms with E-state index >= 15 is 0 Å². The molecule has 0 aromatic heterocycles. The van der Waals surface area contributed by atoms with Gasteiger partial charge in [0.15, 0.2) is 0 Å². The fraction of sp³-hybridized carbons (Fsp3) is 0.500. The van der Waals surface area contributed by atoms with E-state index in [0.29, 0.717) is 16.6 Å². The maximum atomic E-state index is 12.5. The quantitative estimate of drug-likeness (QED) is 0.875. The molecule has 1 aromatic carbocycles. The maximum Gasteiger partial charge on any atom is 0.416 e. The van der Waals surface area contributed by atoms with Gasteiger partial charge in [0.25, 0.3) is 0 Å². The number of alkyl halides is 3. The lowest BCUT2D eigenvalue weighted by Gasteiger charge is -2.29. The second-order valence-electron chi connectivity index (χ2n) is 4.39. The van der Waals surface area contributed by atoms with E-state index in [1.807, 2.05) is 6.92 Å². The van der Waals surface area contributed by atoms with E-state index in [-0.39, 0.29) is 6.61 Å². The Morgan fingerprint density at radius 2 is 1.94 bits per heavy atom. The number of hydrogen-bond donors (Lipinski definition) is 2. The minimum absolute atomic E-state index is 0.100. The molecule has 0 heterocycles. The van der Waals surface area contributed by atoms with Gasteiger partial charge in [0.05, 0.1) is 17.7 Å². The van der Waals surface area contributed by atoms with Crippen molar-refractivity contribution < 1.29 is 18.3 Å². The molecule has 0 aliphatic carbocycles. The molecule has 0 bridgehead atoms. The van der Waals surface area contributed by atoms with Crippen molar-refractivity contribution in [1.29, 1.82) is 0 Å². The van der Waals surface area contributed by atoms with Gasteiger partial charge in [0, 0.05) is 10.2 Å². The summed E-state index contributed by atoms with van der Waals surface area (Å²) in [6.07, 6.45) is -3.71. The van der Waals surface area contributed by atoms with Gasteiger partial charge in [-0.2, -0.15) is 13.2 Å². The van der Waals surface area contributed by atoms with Gasteiger partial charge >= 0.3 is 6.18 Å². The Morgan fingerprint density at radius 1 is 1.33 bits per heavy atom. The highest BCUT2D eigenvalue weighted by Gasteiger charge is 2.31. The lowest BCUT2D eigenvalue weighted by Crippen LogP contribution is -2.38. The number of aliphatic hydroxyl groups is 1. The summed E-state index contributed by atoms with van der Waals surface area (Å²) < 4.78 is 37.8. The van der Waals surface area contributed by atoms with Gasteiger partial charge in [0.1, 0.15) is 0 Å².